The van der Waals surface area contributed by atoms with E-state index in [0.29, 0.717) is 25.2 Å². The van der Waals surface area contributed by atoms with E-state index in [4.69, 9.17) is 5.73 Å². The number of hydrogen-bond donors (Lipinski definition) is 3. The fraction of sp³-hybridized carbons (Fsp3) is 0.667. The van der Waals surface area contributed by atoms with Crippen molar-refractivity contribution < 1.29 is 18.0 Å². The zero-order valence-corrected chi connectivity index (χ0v) is 10.8. The molecule has 8 heteroatoms. The van der Waals surface area contributed by atoms with Crippen molar-refractivity contribution >= 4 is 11.7 Å². The molecule has 0 saturated heterocycles. The topological polar surface area (TPSA) is 83.8 Å². The van der Waals surface area contributed by atoms with Crippen LogP contribution in [0.25, 0.3) is 0 Å². The highest BCUT2D eigenvalue weighted by molar-refractivity contribution is 5.97. The third-order valence-corrected chi connectivity index (χ3v) is 3.78. The molecule has 0 radical (unpaired) electrons. The Morgan fingerprint density at radius 2 is 2.05 bits per heavy atom. The van der Waals surface area contributed by atoms with Gasteiger partial charge in [0, 0.05) is 6.54 Å². The van der Waals surface area contributed by atoms with Gasteiger partial charge in [0.25, 0.3) is 5.91 Å². The smallest absolute Gasteiger partial charge is 0.370 e. The fourth-order valence-corrected chi connectivity index (χ4v) is 2.55. The molecule has 2 rings (SSSR count). The number of carbonyl (C=O) groups is 1. The number of halogens is 3. The summed E-state index contributed by atoms with van der Waals surface area (Å²) in [6.07, 6.45) is -1.37. The summed E-state index contributed by atoms with van der Waals surface area (Å²) >= 11 is 0. The molecule has 1 heterocycles. The van der Waals surface area contributed by atoms with E-state index in [0.717, 1.165) is 0 Å². The van der Waals surface area contributed by atoms with Crippen LogP contribution in [0.5, 0.6) is 0 Å². The minimum Gasteiger partial charge on any atom is -0.370 e. The molecule has 1 saturated carbocycles. The van der Waals surface area contributed by atoms with Crippen LogP contribution in [0.15, 0.2) is 6.20 Å². The van der Waals surface area contributed by atoms with Crippen molar-refractivity contribution in [2.24, 2.45) is 17.6 Å². The van der Waals surface area contributed by atoms with Crippen LogP contribution in [0.3, 0.4) is 0 Å². The number of primary amides is 1. The molecule has 4 N–H and O–H groups in total. The summed E-state index contributed by atoms with van der Waals surface area (Å²) < 4.78 is 37.6. The molecule has 0 aliphatic heterocycles. The normalized spacial score (nSPS) is 23.6. The maximum Gasteiger partial charge on any atom is 0.391 e. The molecule has 1 amide bonds. The lowest BCUT2D eigenvalue weighted by molar-refractivity contribution is -0.183. The number of nitrogens with zero attached hydrogens (tertiary/aromatic N) is 1. The number of aromatic amines is 1. The Hall–Kier alpha value is -1.73. The molecule has 1 aromatic rings. The van der Waals surface area contributed by atoms with Gasteiger partial charge >= 0.3 is 6.18 Å². The van der Waals surface area contributed by atoms with Gasteiger partial charge < -0.3 is 11.1 Å². The van der Waals surface area contributed by atoms with Crippen molar-refractivity contribution in [1.29, 1.82) is 0 Å². The van der Waals surface area contributed by atoms with E-state index in [1.165, 1.54) is 6.20 Å². The summed E-state index contributed by atoms with van der Waals surface area (Å²) in [6.45, 7) is 0.507. The predicted octanol–water partition coefficient (Wildman–Crippen LogP) is 2.29. The molecule has 0 unspecified atom stereocenters. The Labute approximate surface area is 114 Å². The fourth-order valence-electron chi connectivity index (χ4n) is 2.55. The number of alkyl halides is 3. The van der Waals surface area contributed by atoms with E-state index in [1.54, 1.807) is 0 Å². The van der Waals surface area contributed by atoms with Crippen LogP contribution < -0.4 is 11.1 Å². The lowest BCUT2D eigenvalue weighted by atomic mass is 9.81. The van der Waals surface area contributed by atoms with Gasteiger partial charge in [-0.05, 0) is 31.6 Å². The quantitative estimate of drug-likeness (QED) is 0.795. The van der Waals surface area contributed by atoms with E-state index >= 15 is 0 Å². The average Bonchev–Trinajstić information content (AvgIpc) is 2.84. The largest absolute Gasteiger partial charge is 0.391 e. The number of amides is 1. The predicted molar refractivity (Wildman–Crippen MR) is 67.1 cm³/mol. The zero-order chi connectivity index (χ0) is 14.8. The van der Waals surface area contributed by atoms with Crippen LogP contribution in [-0.2, 0) is 0 Å². The number of hydrogen-bond acceptors (Lipinski definition) is 3. The van der Waals surface area contributed by atoms with Crippen molar-refractivity contribution in [2.75, 3.05) is 11.9 Å². The molecular weight excluding hydrogens is 273 g/mol. The standard InChI is InChI=1S/C12H17F3N4O/c13-12(14,15)8-3-1-7(2-4-8)5-17-11-9(10(16)20)6-18-19-11/h6-8H,1-5H2,(H2,16,20)(H2,17,18,19). The van der Waals surface area contributed by atoms with Crippen molar-refractivity contribution in [3.05, 3.63) is 11.8 Å². The van der Waals surface area contributed by atoms with Gasteiger partial charge in [-0.25, -0.2) is 0 Å². The highest BCUT2D eigenvalue weighted by Crippen LogP contribution is 2.39. The van der Waals surface area contributed by atoms with Crippen molar-refractivity contribution in [1.82, 2.24) is 10.2 Å². The average molecular weight is 290 g/mol. The molecule has 1 fully saturated rings. The van der Waals surface area contributed by atoms with E-state index in [1.807, 2.05) is 0 Å². The number of nitrogens with two attached hydrogens (primary N) is 1. The Morgan fingerprint density at radius 1 is 1.40 bits per heavy atom. The summed E-state index contributed by atoms with van der Waals surface area (Å²) in [6, 6.07) is 0. The number of nitrogens with one attached hydrogen (secondary N) is 2. The van der Waals surface area contributed by atoms with Gasteiger partial charge in [-0.1, -0.05) is 0 Å². The summed E-state index contributed by atoms with van der Waals surface area (Å²) in [5, 5.41) is 9.33. The number of rotatable bonds is 4. The molecule has 1 aromatic heterocycles. The van der Waals surface area contributed by atoms with Gasteiger partial charge in [0.15, 0.2) is 0 Å². The molecule has 5 nitrogen and oxygen atoms in total. The molecular formula is C12H17F3N4O. The van der Waals surface area contributed by atoms with Crippen LogP contribution in [0, 0.1) is 11.8 Å². The number of H-pyrrole nitrogens is 1. The van der Waals surface area contributed by atoms with Crippen LogP contribution in [0.2, 0.25) is 0 Å². The van der Waals surface area contributed by atoms with Gasteiger partial charge in [0.2, 0.25) is 0 Å². The van der Waals surface area contributed by atoms with Gasteiger partial charge in [0.05, 0.1) is 12.1 Å². The zero-order valence-electron chi connectivity index (χ0n) is 10.8. The molecule has 1 aliphatic rings. The van der Waals surface area contributed by atoms with E-state index < -0.39 is 18.0 Å². The Morgan fingerprint density at radius 3 is 2.60 bits per heavy atom. The first-order valence-electron chi connectivity index (χ1n) is 6.51. The summed E-state index contributed by atoms with van der Waals surface area (Å²) in [4.78, 5) is 11.1. The first-order chi connectivity index (χ1) is 9.38. The van der Waals surface area contributed by atoms with Gasteiger partial charge in [-0.3, -0.25) is 9.89 Å². The van der Waals surface area contributed by atoms with Crippen molar-refractivity contribution in [3.63, 3.8) is 0 Å². The Balaban J connectivity index is 1.82. The maximum absolute atomic E-state index is 12.5. The van der Waals surface area contributed by atoms with Gasteiger partial charge in [-0.2, -0.15) is 18.3 Å². The lowest BCUT2D eigenvalue weighted by Crippen LogP contribution is -2.30. The van der Waals surface area contributed by atoms with Crippen LogP contribution in [0.4, 0.5) is 19.0 Å². The molecule has 1 aliphatic carbocycles. The molecule has 20 heavy (non-hydrogen) atoms. The first-order valence-corrected chi connectivity index (χ1v) is 6.51. The molecule has 0 spiro atoms. The Kier molecular flexibility index (Phi) is 4.20. The number of anilines is 1. The second-order valence-corrected chi connectivity index (χ2v) is 5.16. The summed E-state index contributed by atoms with van der Waals surface area (Å²) in [7, 11) is 0. The van der Waals surface area contributed by atoms with E-state index in [9.17, 15) is 18.0 Å². The Bertz CT molecular complexity index is 464. The van der Waals surface area contributed by atoms with Crippen LogP contribution in [0.1, 0.15) is 36.0 Å². The summed E-state index contributed by atoms with van der Waals surface area (Å²) in [5.74, 6) is -1.18. The first kappa shape index (κ1) is 14.7. The lowest BCUT2D eigenvalue weighted by Gasteiger charge is -2.29. The maximum atomic E-state index is 12.5. The summed E-state index contributed by atoms with van der Waals surface area (Å²) in [5.41, 5.74) is 5.43. The minimum atomic E-state index is -4.08. The SMILES string of the molecule is NC(=O)c1cn[nH]c1NCC1CCC(C(F)(F)F)CC1. The van der Waals surface area contributed by atoms with E-state index in [-0.39, 0.29) is 24.3 Å². The monoisotopic (exact) mass is 290 g/mol. The second kappa shape index (κ2) is 5.72. The molecule has 0 atom stereocenters. The van der Waals surface area contributed by atoms with Gasteiger partial charge in [0.1, 0.15) is 11.4 Å². The second-order valence-electron chi connectivity index (χ2n) is 5.16. The van der Waals surface area contributed by atoms with Crippen LogP contribution >= 0.6 is 0 Å². The number of aromatic nitrogens is 2. The van der Waals surface area contributed by atoms with Crippen molar-refractivity contribution in [3.8, 4) is 0 Å². The third kappa shape index (κ3) is 3.43. The molecule has 0 aromatic carbocycles. The van der Waals surface area contributed by atoms with Crippen molar-refractivity contribution in [2.45, 2.75) is 31.9 Å². The van der Waals surface area contributed by atoms with Crippen LogP contribution in [-0.4, -0.2) is 28.8 Å². The molecule has 0 bridgehead atoms. The minimum absolute atomic E-state index is 0.164. The van der Waals surface area contributed by atoms with E-state index in [2.05, 4.69) is 15.5 Å². The molecule has 112 valence electrons. The van der Waals surface area contributed by atoms with Gasteiger partial charge in [-0.15, -0.1) is 0 Å². The number of carbonyl (C=O) groups excluding carboxylic acids is 1. The highest BCUT2D eigenvalue weighted by atomic mass is 19.4. The third-order valence-electron chi connectivity index (χ3n) is 3.78. The highest BCUT2D eigenvalue weighted by Gasteiger charge is 2.41.